The van der Waals surface area contributed by atoms with Crippen molar-refractivity contribution in [3.63, 3.8) is 0 Å². The average molecular weight is 248 g/mol. The van der Waals surface area contributed by atoms with E-state index >= 15 is 0 Å². The van der Waals surface area contributed by atoms with Crippen LogP contribution in [0.1, 0.15) is 38.7 Å². The van der Waals surface area contributed by atoms with Crippen LogP contribution >= 0.6 is 0 Å². The first-order valence-corrected chi connectivity index (χ1v) is 6.27. The minimum Gasteiger partial charge on any atom is -0.497 e. The molecule has 0 saturated heterocycles. The molecule has 0 bridgehead atoms. The van der Waals surface area contributed by atoms with E-state index in [0.717, 1.165) is 12.2 Å². The second kappa shape index (κ2) is 4.63. The number of carbonyl (C=O) groups excluding carboxylic acids is 1. The van der Waals surface area contributed by atoms with Gasteiger partial charge in [-0.1, -0.05) is 12.1 Å². The first-order valence-electron chi connectivity index (χ1n) is 6.27. The molecule has 3 nitrogen and oxygen atoms in total. The summed E-state index contributed by atoms with van der Waals surface area (Å²) < 4.78 is 10.5. The number of hydrogen-bond donors (Lipinski definition) is 0. The third-order valence-electron chi connectivity index (χ3n) is 3.04. The topological polar surface area (TPSA) is 35.5 Å². The third kappa shape index (κ3) is 3.03. The van der Waals surface area contributed by atoms with Gasteiger partial charge in [0.25, 0.3) is 0 Å². The molecule has 0 amide bonds. The molecule has 0 radical (unpaired) electrons. The lowest BCUT2D eigenvalue weighted by atomic mass is 10.1. The smallest absolute Gasteiger partial charge is 0.310 e. The Labute approximate surface area is 108 Å². The summed E-state index contributed by atoms with van der Waals surface area (Å²) in [5, 5.41) is 0. The molecule has 0 aliphatic heterocycles. The fourth-order valence-electron chi connectivity index (χ4n) is 2.05. The average Bonchev–Trinajstić information content (AvgIpc) is 3.07. The van der Waals surface area contributed by atoms with Gasteiger partial charge in [0.2, 0.25) is 0 Å². The normalized spacial score (nSPS) is 22.4. The molecule has 0 spiro atoms. The van der Waals surface area contributed by atoms with E-state index in [1.165, 1.54) is 5.56 Å². The van der Waals surface area contributed by atoms with Crippen molar-refractivity contribution >= 4 is 5.97 Å². The fraction of sp³-hybridized carbons (Fsp3) is 0.533. The van der Waals surface area contributed by atoms with Crippen LogP contribution in [0.5, 0.6) is 5.75 Å². The van der Waals surface area contributed by atoms with Crippen molar-refractivity contribution in [3.8, 4) is 5.75 Å². The van der Waals surface area contributed by atoms with Gasteiger partial charge in [-0.3, -0.25) is 4.79 Å². The van der Waals surface area contributed by atoms with E-state index in [4.69, 9.17) is 9.47 Å². The van der Waals surface area contributed by atoms with Crippen LogP contribution in [0.25, 0.3) is 0 Å². The highest BCUT2D eigenvalue weighted by Gasteiger charge is 2.46. The zero-order valence-corrected chi connectivity index (χ0v) is 11.4. The number of esters is 1. The van der Waals surface area contributed by atoms with E-state index in [1.807, 2.05) is 45.0 Å². The van der Waals surface area contributed by atoms with Crippen molar-refractivity contribution in [1.29, 1.82) is 0 Å². The van der Waals surface area contributed by atoms with Crippen LogP contribution in [0.2, 0.25) is 0 Å². The number of carbonyl (C=O) groups is 1. The summed E-state index contributed by atoms with van der Waals surface area (Å²) in [5.74, 6) is 1.10. The van der Waals surface area contributed by atoms with Crippen molar-refractivity contribution in [1.82, 2.24) is 0 Å². The fourth-order valence-corrected chi connectivity index (χ4v) is 2.05. The van der Waals surface area contributed by atoms with Crippen LogP contribution in [0.4, 0.5) is 0 Å². The highest BCUT2D eigenvalue weighted by Crippen LogP contribution is 2.48. The second-order valence-electron chi connectivity index (χ2n) is 5.76. The molecule has 1 aromatic rings. The first-order chi connectivity index (χ1) is 8.40. The van der Waals surface area contributed by atoms with Gasteiger partial charge < -0.3 is 9.47 Å². The summed E-state index contributed by atoms with van der Waals surface area (Å²) in [4.78, 5) is 11.9. The van der Waals surface area contributed by atoms with Gasteiger partial charge in [0.15, 0.2) is 0 Å². The Morgan fingerprint density at radius 2 is 1.83 bits per heavy atom. The molecule has 1 fully saturated rings. The van der Waals surface area contributed by atoms with Crippen molar-refractivity contribution in [3.05, 3.63) is 29.8 Å². The van der Waals surface area contributed by atoms with Gasteiger partial charge in [-0.2, -0.15) is 0 Å². The zero-order valence-electron chi connectivity index (χ0n) is 11.4. The quantitative estimate of drug-likeness (QED) is 0.771. The predicted octanol–water partition coefficient (Wildman–Crippen LogP) is 3.14. The number of hydrogen-bond acceptors (Lipinski definition) is 3. The third-order valence-corrected chi connectivity index (χ3v) is 3.04. The van der Waals surface area contributed by atoms with E-state index in [2.05, 4.69) is 0 Å². The van der Waals surface area contributed by atoms with Crippen LogP contribution < -0.4 is 4.74 Å². The molecule has 1 aliphatic rings. The van der Waals surface area contributed by atoms with Gasteiger partial charge in [0, 0.05) is 0 Å². The first kappa shape index (κ1) is 12.9. The minimum absolute atomic E-state index is 0.0256. The highest BCUT2D eigenvalue weighted by molar-refractivity contribution is 5.77. The summed E-state index contributed by atoms with van der Waals surface area (Å²) in [5.41, 5.74) is 0.788. The largest absolute Gasteiger partial charge is 0.497 e. The lowest BCUT2D eigenvalue weighted by Gasteiger charge is -2.19. The molecule has 98 valence electrons. The van der Waals surface area contributed by atoms with Crippen LogP contribution in [-0.2, 0) is 9.53 Å². The molecule has 18 heavy (non-hydrogen) atoms. The van der Waals surface area contributed by atoms with Crippen molar-refractivity contribution in [2.45, 2.75) is 38.7 Å². The summed E-state index contributed by atoms with van der Waals surface area (Å²) in [6, 6.07) is 7.90. The molecule has 0 unspecified atom stereocenters. The summed E-state index contributed by atoms with van der Waals surface area (Å²) in [6.07, 6.45) is 0.890. The Balaban J connectivity index is 1.96. The summed E-state index contributed by atoms with van der Waals surface area (Å²) >= 11 is 0. The van der Waals surface area contributed by atoms with E-state index < -0.39 is 5.60 Å². The maximum absolute atomic E-state index is 11.9. The maximum atomic E-state index is 11.9. The number of ether oxygens (including phenoxy) is 2. The Bertz CT molecular complexity index is 428. The second-order valence-corrected chi connectivity index (χ2v) is 5.76. The lowest BCUT2D eigenvalue weighted by Crippen LogP contribution is -2.25. The monoisotopic (exact) mass is 248 g/mol. The van der Waals surface area contributed by atoms with Crippen LogP contribution in [0.3, 0.4) is 0 Å². The predicted molar refractivity (Wildman–Crippen MR) is 69.7 cm³/mol. The van der Waals surface area contributed by atoms with E-state index in [9.17, 15) is 4.79 Å². The highest BCUT2D eigenvalue weighted by atomic mass is 16.6. The molecule has 0 N–H and O–H groups in total. The van der Waals surface area contributed by atoms with Gasteiger partial charge in [0.1, 0.15) is 11.4 Å². The summed E-state index contributed by atoms with van der Waals surface area (Å²) in [6.45, 7) is 5.70. The van der Waals surface area contributed by atoms with Crippen LogP contribution in [0, 0.1) is 5.92 Å². The van der Waals surface area contributed by atoms with Crippen molar-refractivity contribution < 1.29 is 14.3 Å². The molecular formula is C15H20O3. The lowest BCUT2D eigenvalue weighted by molar-refractivity contribution is -0.156. The van der Waals surface area contributed by atoms with Gasteiger partial charge in [0.05, 0.1) is 13.0 Å². The van der Waals surface area contributed by atoms with Crippen molar-refractivity contribution in [2.24, 2.45) is 5.92 Å². The van der Waals surface area contributed by atoms with Gasteiger partial charge in [-0.25, -0.2) is 0 Å². The van der Waals surface area contributed by atoms with Crippen LogP contribution in [-0.4, -0.2) is 18.7 Å². The van der Waals surface area contributed by atoms with Gasteiger partial charge in [-0.15, -0.1) is 0 Å². The van der Waals surface area contributed by atoms with E-state index in [1.54, 1.807) is 7.11 Å². The zero-order chi connectivity index (χ0) is 13.3. The Kier molecular flexibility index (Phi) is 3.33. The number of methoxy groups -OCH3 is 1. The minimum atomic E-state index is -0.399. The molecule has 0 heterocycles. The van der Waals surface area contributed by atoms with Crippen molar-refractivity contribution in [2.75, 3.05) is 7.11 Å². The standard InChI is InChI=1S/C15H20O3/c1-15(2,3)18-14(16)13-9-12(13)10-5-7-11(17-4)8-6-10/h5-8,12-13H,9H2,1-4H3/t12-,13+/m0/s1. The van der Waals surface area contributed by atoms with E-state index in [0.29, 0.717) is 5.92 Å². The molecule has 2 atom stereocenters. The number of rotatable bonds is 3. The molecule has 0 aromatic heterocycles. The molecular weight excluding hydrogens is 228 g/mol. The maximum Gasteiger partial charge on any atom is 0.310 e. The molecule has 2 rings (SSSR count). The van der Waals surface area contributed by atoms with Gasteiger partial charge >= 0.3 is 5.97 Å². The molecule has 1 aromatic carbocycles. The van der Waals surface area contributed by atoms with E-state index in [-0.39, 0.29) is 11.9 Å². The summed E-state index contributed by atoms with van der Waals surface area (Å²) in [7, 11) is 1.65. The number of benzene rings is 1. The Hall–Kier alpha value is -1.51. The molecule has 1 saturated carbocycles. The Morgan fingerprint density at radius 1 is 1.22 bits per heavy atom. The SMILES string of the molecule is COc1ccc([C@@H]2C[C@H]2C(=O)OC(C)(C)C)cc1. The van der Waals surface area contributed by atoms with Gasteiger partial charge in [-0.05, 0) is 50.8 Å². The Morgan fingerprint density at radius 3 is 2.33 bits per heavy atom. The van der Waals surface area contributed by atoms with Crippen LogP contribution in [0.15, 0.2) is 24.3 Å². The molecule has 1 aliphatic carbocycles. The molecule has 3 heteroatoms.